The van der Waals surface area contributed by atoms with Crippen LogP contribution in [0.4, 0.5) is 0 Å². The third-order valence-electron chi connectivity index (χ3n) is 2.43. The molecule has 0 bridgehead atoms. The first-order valence-electron chi connectivity index (χ1n) is 5.26. The van der Waals surface area contributed by atoms with Crippen molar-refractivity contribution < 1.29 is 4.74 Å². The van der Waals surface area contributed by atoms with E-state index in [0.29, 0.717) is 6.54 Å². The number of thiophene rings is 1. The lowest BCUT2D eigenvalue weighted by Gasteiger charge is -2.00. The minimum absolute atomic E-state index is 0. The Balaban J connectivity index is 0.00000144. The summed E-state index contributed by atoms with van der Waals surface area (Å²) in [4.78, 5) is 2.62. The summed E-state index contributed by atoms with van der Waals surface area (Å²) in [7, 11) is 1.68. The zero-order chi connectivity index (χ0) is 11.4. The predicted molar refractivity (Wildman–Crippen MR) is 76.3 cm³/mol. The Bertz CT molecular complexity index is 453. The molecule has 0 aliphatic heterocycles. The van der Waals surface area contributed by atoms with E-state index >= 15 is 0 Å². The number of hydrogen-bond acceptors (Lipinski definition) is 3. The van der Waals surface area contributed by atoms with Gasteiger partial charge < -0.3 is 10.5 Å². The van der Waals surface area contributed by atoms with Gasteiger partial charge in [0.25, 0.3) is 0 Å². The van der Waals surface area contributed by atoms with Crippen LogP contribution in [0.5, 0.6) is 5.75 Å². The minimum atomic E-state index is 0. The van der Waals surface area contributed by atoms with Crippen molar-refractivity contribution in [3.8, 4) is 16.2 Å². The van der Waals surface area contributed by atoms with Crippen LogP contribution in [0.3, 0.4) is 0 Å². The summed E-state index contributed by atoms with van der Waals surface area (Å²) in [5.74, 6) is 0.891. The van der Waals surface area contributed by atoms with E-state index in [1.165, 1.54) is 15.3 Å². The molecule has 0 saturated carbocycles. The van der Waals surface area contributed by atoms with Crippen molar-refractivity contribution in [3.05, 3.63) is 41.3 Å². The molecule has 0 radical (unpaired) electrons. The fraction of sp³-hybridized carbons (Fsp3) is 0.231. The summed E-state index contributed by atoms with van der Waals surface area (Å²) < 4.78 is 5.14. The van der Waals surface area contributed by atoms with Crippen LogP contribution in [0.25, 0.3) is 10.4 Å². The van der Waals surface area contributed by atoms with Crippen LogP contribution in [-0.2, 0) is 6.42 Å². The van der Waals surface area contributed by atoms with Crippen molar-refractivity contribution in [2.45, 2.75) is 6.42 Å². The summed E-state index contributed by atoms with van der Waals surface area (Å²) in [5, 5.41) is 0. The van der Waals surface area contributed by atoms with Gasteiger partial charge in [-0.25, -0.2) is 0 Å². The van der Waals surface area contributed by atoms with Crippen LogP contribution in [0.2, 0.25) is 0 Å². The van der Waals surface area contributed by atoms with Crippen LogP contribution in [-0.4, -0.2) is 13.7 Å². The number of benzene rings is 1. The number of methoxy groups -OCH3 is 1. The van der Waals surface area contributed by atoms with E-state index in [9.17, 15) is 0 Å². The SMILES string of the molecule is COc1ccc(-c2ccc(CCN)s2)cc1.Cl. The Morgan fingerprint density at radius 1 is 1.12 bits per heavy atom. The lowest BCUT2D eigenvalue weighted by atomic mass is 10.2. The third-order valence-corrected chi connectivity index (χ3v) is 3.62. The van der Waals surface area contributed by atoms with E-state index < -0.39 is 0 Å². The fourth-order valence-electron chi connectivity index (χ4n) is 1.56. The Hall–Kier alpha value is -1.03. The molecule has 0 spiro atoms. The fourth-order valence-corrected chi connectivity index (χ4v) is 2.59. The summed E-state index contributed by atoms with van der Waals surface area (Å²) in [6.45, 7) is 0.711. The minimum Gasteiger partial charge on any atom is -0.497 e. The molecule has 2 aromatic rings. The second-order valence-corrected chi connectivity index (χ2v) is 4.70. The molecule has 0 unspecified atom stereocenters. The predicted octanol–water partition coefficient (Wildman–Crippen LogP) is 3.35. The molecule has 1 aromatic carbocycles. The van der Waals surface area contributed by atoms with Crippen LogP contribution < -0.4 is 10.5 Å². The third kappa shape index (κ3) is 3.46. The maximum Gasteiger partial charge on any atom is 0.118 e. The molecule has 0 aliphatic carbocycles. The molecule has 2 N–H and O–H groups in total. The van der Waals surface area contributed by atoms with Crippen molar-refractivity contribution in [2.24, 2.45) is 5.73 Å². The highest BCUT2D eigenvalue weighted by atomic mass is 35.5. The number of halogens is 1. The quantitative estimate of drug-likeness (QED) is 0.924. The number of ether oxygens (including phenoxy) is 1. The van der Waals surface area contributed by atoms with Crippen molar-refractivity contribution in [3.63, 3.8) is 0 Å². The molecule has 1 heterocycles. The van der Waals surface area contributed by atoms with Gasteiger partial charge in [-0.1, -0.05) is 0 Å². The van der Waals surface area contributed by atoms with Gasteiger partial charge in [-0.3, -0.25) is 0 Å². The summed E-state index contributed by atoms with van der Waals surface area (Å²) in [6, 6.07) is 12.4. The first-order chi connectivity index (χ1) is 7.83. The Morgan fingerprint density at radius 3 is 2.41 bits per heavy atom. The topological polar surface area (TPSA) is 35.2 Å². The highest BCUT2D eigenvalue weighted by molar-refractivity contribution is 7.15. The van der Waals surface area contributed by atoms with Crippen molar-refractivity contribution in [1.82, 2.24) is 0 Å². The molecule has 4 heteroatoms. The zero-order valence-electron chi connectivity index (χ0n) is 9.68. The van der Waals surface area contributed by atoms with E-state index in [2.05, 4.69) is 24.3 Å². The van der Waals surface area contributed by atoms with Crippen molar-refractivity contribution in [1.29, 1.82) is 0 Å². The lowest BCUT2D eigenvalue weighted by Crippen LogP contribution is -2.00. The second kappa shape index (κ2) is 6.64. The number of nitrogens with two attached hydrogens (primary N) is 1. The molecule has 2 rings (SSSR count). The largest absolute Gasteiger partial charge is 0.497 e. The molecular formula is C13H16ClNOS. The van der Waals surface area contributed by atoms with Crippen LogP contribution >= 0.6 is 23.7 Å². The molecule has 17 heavy (non-hydrogen) atoms. The van der Waals surface area contributed by atoms with Gasteiger partial charge in [0.1, 0.15) is 5.75 Å². The molecule has 0 fully saturated rings. The van der Waals surface area contributed by atoms with E-state index in [4.69, 9.17) is 10.5 Å². The average molecular weight is 270 g/mol. The van der Waals surface area contributed by atoms with E-state index in [1.807, 2.05) is 12.1 Å². The number of rotatable bonds is 4. The molecule has 0 saturated heterocycles. The standard InChI is InChI=1S/C13H15NOS.ClH/c1-15-11-4-2-10(3-5-11)13-7-6-12(16-13)8-9-14;/h2-7H,8-9,14H2,1H3;1H. The normalized spacial score (nSPS) is 9.76. The van der Waals surface area contributed by atoms with E-state index in [1.54, 1.807) is 18.4 Å². The van der Waals surface area contributed by atoms with Gasteiger partial charge in [-0.2, -0.15) is 0 Å². The Morgan fingerprint density at radius 2 is 1.82 bits per heavy atom. The van der Waals surface area contributed by atoms with Crippen molar-refractivity contribution >= 4 is 23.7 Å². The monoisotopic (exact) mass is 269 g/mol. The van der Waals surface area contributed by atoms with Gasteiger partial charge in [0.05, 0.1) is 7.11 Å². The lowest BCUT2D eigenvalue weighted by molar-refractivity contribution is 0.415. The number of hydrogen-bond donors (Lipinski definition) is 1. The molecule has 2 nitrogen and oxygen atoms in total. The summed E-state index contributed by atoms with van der Waals surface area (Å²) in [5.41, 5.74) is 6.77. The molecule has 0 amide bonds. The maximum atomic E-state index is 5.54. The first kappa shape index (κ1) is 14.0. The van der Waals surface area contributed by atoms with Gasteiger partial charge in [0, 0.05) is 9.75 Å². The Labute approximate surface area is 112 Å². The first-order valence-corrected chi connectivity index (χ1v) is 6.08. The summed E-state index contributed by atoms with van der Waals surface area (Å²) in [6.07, 6.45) is 0.959. The van der Waals surface area contributed by atoms with Crippen LogP contribution in [0, 0.1) is 0 Å². The molecule has 1 aromatic heterocycles. The molecule has 92 valence electrons. The maximum absolute atomic E-state index is 5.54. The van der Waals surface area contributed by atoms with Gasteiger partial charge in [0.2, 0.25) is 0 Å². The van der Waals surface area contributed by atoms with E-state index in [0.717, 1.165) is 12.2 Å². The van der Waals surface area contributed by atoms with Crippen LogP contribution in [0.15, 0.2) is 36.4 Å². The van der Waals surface area contributed by atoms with Gasteiger partial charge >= 0.3 is 0 Å². The molecule has 0 atom stereocenters. The van der Waals surface area contributed by atoms with Gasteiger partial charge in [0.15, 0.2) is 0 Å². The Kier molecular flexibility index (Phi) is 5.48. The smallest absolute Gasteiger partial charge is 0.118 e. The molecule has 0 aliphatic rings. The second-order valence-electron chi connectivity index (χ2n) is 3.53. The molecular weight excluding hydrogens is 254 g/mol. The zero-order valence-corrected chi connectivity index (χ0v) is 11.3. The van der Waals surface area contributed by atoms with E-state index in [-0.39, 0.29) is 12.4 Å². The summed E-state index contributed by atoms with van der Waals surface area (Å²) >= 11 is 1.80. The average Bonchev–Trinajstić information content (AvgIpc) is 2.78. The van der Waals surface area contributed by atoms with Crippen molar-refractivity contribution in [2.75, 3.05) is 13.7 Å². The van der Waals surface area contributed by atoms with Gasteiger partial charge in [-0.15, -0.1) is 23.7 Å². The van der Waals surface area contributed by atoms with Gasteiger partial charge in [-0.05, 0) is 54.9 Å². The highest BCUT2D eigenvalue weighted by Gasteiger charge is 2.02. The van der Waals surface area contributed by atoms with Crippen LogP contribution in [0.1, 0.15) is 4.88 Å². The highest BCUT2D eigenvalue weighted by Crippen LogP contribution is 2.29.